The number of carbonyl (C=O) groups is 1. The molecule has 1 aliphatic heterocycles. The molecule has 1 saturated heterocycles. The molecular weight excluding hydrogens is 360 g/mol. The highest BCUT2D eigenvalue weighted by molar-refractivity contribution is 7.92. The minimum absolute atomic E-state index is 0.130. The van der Waals surface area contributed by atoms with E-state index < -0.39 is 10.0 Å². The quantitative estimate of drug-likeness (QED) is 0.865. The molecule has 6 nitrogen and oxygen atoms in total. The second kappa shape index (κ2) is 7.45. The van der Waals surface area contributed by atoms with Gasteiger partial charge in [-0.25, -0.2) is 8.42 Å². The van der Waals surface area contributed by atoms with E-state index in [0.717, 1.165) is 11.3 Å². The lowest BCUT2D eigenvalue weighted by molar-refractivity contribution is -0.115. The fourth-order valence-electron chi connectivity index (χ4n) is 2.80. The van der Waals surface area contributed by atoms with E-state index >= 15 is 0 Å². The van der Waals surface area contributed by atoms with E-state index in [-0.39, 0.29) is 11.7 Å². The van der Waals surface area contributed by atoms with Crippen molar-refractivity contribution in [2.45, 2.75) is 19.3 Å². The Morgan fingerprint density at radius 1 is 1.32 bits per heavy atom. The SMILES string of the molecule is COc1ccc(NC(=O)Cc2cccs2)cc1N1CCCCS1(=O)=O. The molecule has 1 fully saturated rings. The van der Waals surface area contributed by atoms with Gasteiger partial charge < -0.3 is 10.1 Å². The summed E-state index contributed by atoms with van der Waals surface area (Å²) in [5, 5.41) is 4.75. The van der Waals surface area contributed by atoms with Crippen molar-refractivity contribution in [2.75, 3.05) is 29.0 Å². The van der Waals surface area contributed by atoms with Gasteiger partial charge in [-0.2, -0.15) is 0 Å². The molecular formula is C17H20N2O4S2. The number of ether oxygens (including phenoxy) is 1. The molecule has 2 heterocycles. The zero-order chi connectivity index (χ0) is 17.9. The third kappa shape index (κ3) is 4.13. The number of methoxy groups -OCH3 is 1. The van der Waals surface area contributed by atoms with Crippen molar-refractivity contribution in [3.05, 3.63) is 40.6 Å². The largest absolute Gasteiger partial charge is 0.495 e. The third-order valence-electron chi connectivity index (χ3n) is 4.00. The zero-order valence-electron chi connectivity index (χ0n) is 13.9. The Bertz CT molecular complexity index is 848. The van der Waals surface area contributed by atoms with E-state index in [4.69, 9.17) is 4.74 Å². The number of thiophene rings is 1. The molecule has 1 aromatic carbocycles. The number of anilines is 2. The van der Waals surface area contributed by atoms with E-state index in [1.807, 2.05) is 17.5 Å². The molecule has 134 valence electrons. The van der Waals surface area contributed by atoms with Crippen LogP contribution in [0, 0.1) is 0 Å². The normalized spacial score (nSPS) is 16.4. The van der Waals surface area contributed by atoms with Gasteiger partial charge in [0.2, 0.25) is 15.9 Å². The second-order valence-corrected chi connectivity index (χ2v) is 8.83. The minimum atomic E-state index is -3.35. The predicted octanol–water partition coefficient (Wildman–Crippen LogP) is 2.87. The van der Waals surface area contributed by atoms with Crippen LogP contribution in [0.1, 0.15) is 17.7 Å². The Morgan fingerprint density at radius 3 is 2.84 bits per heavy atom. The van der Waals surface area contributed by atoms with Crippen molar-refractivity contribution >= 4 is 38.6 Å². The molecule has 8 heteroatoms. The van der Waals surface area contributed by atoms with Gasteiger partial charge in [0.15, 0.2) is 0 Å². The number of rotatable bonds is 5. The molecule has 0 spiro atoms. The topological polar surface area (TPSA) is 75.7 Å². The average Bonchev–Trinajstić information content (AvgIpc) is 3.07. The van der Waals surface area contributed by atoms with E-state index in [1.165, 1.54) is 22.8 Å². The number of carbonyl (C=O) groups excluding carboxylic acids is 1. The number of amides is 1. The summed E-state index contributed by atoms with van der Waals surface area (Å²) in [4.78, 5) is 13.2. The molecule has 25 heavy (non-hydrogen) atoms. The Kier molecular flexibility index (Phi) is 5.29. The predicted molar refractivity (Wildman–Crippen MR) is 100 cm³/mol. The summed E-state index contributed by atoms with van der Waals surface area (Å²) in [5.74, 6) is 0.465. The first-order valence-electron chi connectivity index (χ1n) is 8.00. The summed E-state index contributed by atoms with van der Waals surface area (Å²) < 4.78 is 31.5. The lowest BCUT2D eigenvalue weighted by Crippen LogP contribution is -2.38. The monoisotopic (exact) mass is 380 g/mol. The molecule has 0 aliphatic carbocycles. The van der Waals surface area contributed by atoms with E-state index in [1.54, 1.807) is 18.2 Å². The first-order chi connectivity index (χ1) is 12.0. The van der Waals surface area contributed by atoms with E-state index in [0.29, 0.717) is 36.5 Å². The Morgan fingerprint density at radius 2 is 2.16 bits per heavy atom. The Hall–Kier alpha value is -2.06. The van der Waals surface area contributed by atoms with Gasteiger partial charge in [-0.1, -0.05) is 6.07 Å². The summed E-state index contributed by atoms with van der Waals surface area (Å²) >= 11 is 1.53. The van der Waals surface area contributed by atoms with Crippen LogP contribution < -0.4 is 14.4 Å². The van der Waals surface area contributed by atoms with Crippen LogP contribution in [-0.4, -0.2) is 33.7 Å². The van der Waals surface area contributed by atoms with Crippen LogP contribution in [0.4, 0.5) is 11.4 Å². The fraction of sp³-hybridized carbons (Fsp3) is 0.353. The Balaban J connectivity index is 1.83. The van der Waals surface area contributed by atoms with Crippen LogP contribution in [0.2, 0.25) is 0 Å². The second-order valence-electron chi connectivity index (χ2n) is 5.79. The number of hydrogen-bond acceptors (Lipinski definition) is 5. The maximum Gasteiger partial charge on any atom is 0.235 e. The molecule has 1 amide bonds. The van der Waals surface area contributed by atoms with Gasteiger partial charge in [-0.3, -0.25) is 9.10 Å². The van der Waals surface area contributed by atoms with Gasteiger partial charge in [-0.15, -0.1) is 11.3 Å². The van der Waals surface area contributed by atoms with Crippen molar-refractivity contribution in [3.63, 3.8) is 0 Å². The summed E-state index contributed by atoms with van der Waals surface area (Å²) in [6, 6.07) is 8.86. The highest BCUT2D eigenvalue weighted by Gasteiger charge is 2.28. The van der Waals surface area contributed by atoms with E-state index in [2.05, 4.69) is 5.32 Å². The van der Waals surface area contributed by atoms with Crippen molar-refractivity contribution in [1.82, 2.24) is 0 Å². The van der Waals surface area contributed by atoms with Crippen molar-refractivity contribution in [2.24, 2.45) is 0 Å². The average molecular weight is 380 g/mol. The lowest BCUT2D eigenvalue weighted by Gasteiger charge is -2.29. The molecule has 1 aliphatic rings. The molecule has 0 unspecified atom stereocenters. The first kappa shape index (κ1) is 17.8. The number of sulfonamides is 1. The van der Waals surface area contributed by atoms with Gasteiger partial charge in [0, 0.05) is 17.1 Å². The minimum Gasteiger partial charge on any atom is -0.495 e. The molecule has 1 N–H and O–H groups in total. The van der Waals surface area contributed by atoms with Crippen LogP contribution in [0.5, 0.6) is 5.75 Å². The number of nitrogens with one attached hydrogen (secondary N) is 1. The zero-order valence-corrected chi connectivity index (χ0v) is 15.5. The smallest absolute Gasteiger partial charge is 0.235 e. The number of nitrogens with zero attached hydrogens (tertiary/aromatic N) is 1. The molecule has 3 rings (SSSR count). The highest BCUT2D eigenvalue weighted by Crippen LogP contribution is 2.35. The van der Waals surface area contributed by atoms with Crippen molar-refractivity contribution in [1.29, 1.82) is 0 Å². The molecule has 0 bridgehead atoms. The van der Waals surface area contributed by atoms with Gasteiger partial charge in [0.1, 0.15) is 5.75 Å². The first-order valence-corrected chi connectivity index (χ1v) is 10.5. The van der Waals surface area contributed by atoms with Gasteiger partial charge in [0.05, 0.1) is 25.0 Å². The standard InChI is InChI=1S/C17H20N2O4S2/c1-23-16-7-6-13(18-17(20)12-14-5-4-9-24-14)11-15(16)19-8-2-3-10-25(19,21)22/h4-7,9,11H,2-3,8,10,12H2,1H3,(H,18,20). The maximum absolute atomic E-state index is 12.4. The van der Waals surface area contributed by atoms with Crippen LogP contribution in [0.3, 0.4) is 0 Å². The summed E-state index contributed by atoms with van der Waals surface area (Å²) in [7, 11) is -1.85. The number of hydrogen-bond donors (Lipinski definition) is 1. The highest BCUT2D eigenvalue weighted by atomic mass is 32.2. The van der Waals surface area contributed by atoms with Crippen molar-refractivity contribution < 1.29 is 17.9 Å². The summed E-state index contributed by atoms with van der Waals surface area (Å²) in [6.07, 6.45) is 1.76. The Labute approximate surface area is 151 Å². The molecule has 1 aromatic heterocycles. The van der Waals surface area contributed by atoms with Crippen LogP contribution >= 0.6 is 11.3 Å². The molecule has 0 saturated carbocycles. The summed E-state index contributed by atoms with van der Waals surface area (Å²) in [5.41, 5.74) is 1.02. The fourth-order valence-corrected chi connectivity index (χ4v) is 5.14. The van der Waals surface area contributed by atoms with Gasteiger partial charge >= 0.3 is 0 Å². The number of benzene rings is 1. The van der Waals surface area contributed by atoms with E-state index in [9.17, 15) is 13.2 Å². The third-order valence-corrected chi connectivity index (χ3v) is 6.73. The molecule has 2 aromatic rings. The van der Waals surface area contributed by atoms with Gasteiger partial charge in [0.25, 0.3) is 0 Å². The van der Waals surface area contributed by atoms with Crippen LogP contribution in [0.25, 0.3) is 0 Å². The lowest BCUT2D eigenvalue weighted by atomic mass is 10.2. The molecule has 0 atom stereocenters. The maximum atomic E-state index is 12.4. The van der Waals surface area contributed by atoms with Crippen LogP contribution in [0.15, 0.2) is 35.7 Å². The van der Waals surface area contributed by atoms with Gasteiger partial charge in [-0.05, 0) is 42.5 Å². The summed E-state index contributed by atoms with van der Waals surface area (Å²) in [6.45, 7) is 0.422. The van der Waals surface area contributed by atoms with Crippen molar-refractivity contribution in [3.8, 4) is 5.75 Å². The van der Waals surface area contributed by atoms with Crippen LogP contribution in [-0.2, 0) is 21.2 Å². The molecule has 0 radical (unpaired) electrons.